The summed E-state index contributed by atoms with van der Waals surface area (Å²) >= 11 is 0. The van der Waals surface area contributed by atoms with Crippen LogP contribution < -0.4 is 16.1 Å². The molecular formula is C18H27N5O2. The molecule has 0 radical (unpaired) electrons. The summed E-state index contributed by atoms with van der Waals surface area (Å²) in [6.07, 6.45) is 5.59. The highest BCUT2D eigenvalue weighted by atomic mass is 16.2. The minimum absolute atomic E-state index is 0.179. The summed E-state index contributed by atoms with van der Waals surface area (Å²) in [5.41, 5.74) is 0.228. The Labute approximate surface area is 147 Å². The molecule has 3 heterocycles. The lowest BCUT2D eigenvalue weighted by atomic mass is 9.99. The maximum atomic E-state index is 12.6. The average Bonchev–Trinajstić information content (AvgIpc) is 3.00. The van der Waals surface area contributed by atoms with Gasteiger partial charge in [0.2, 0.25) is 0 Å². The Morgan fingerprint density at radius 3 is 2.48 bits per heavy atom. The summed E-state index contributed by atoms with van der Waals surface area (Å²) in [6.45, 7) is 11.6. The van der Waals surface area contributed by atoms with E-state index in [9.17, 15) is 9.59 Å². The molecule has 0 amide bonds. The quantitative estimate of drug-likeness (QED) is 0.796. The van der Waals surface area contributed by atoms with Crippen LogP contribution in [0.3, 0.4) is 0 Å². The van der Waals surface area contributed by atoms with Crippen LogP contribution in [-0.4, -0.2) is 31.8 Å². The van der Waals surface area contributed by atoms with E-state index >= 15 is 0 Å². The molecule has 7 nitrogen and oxygen atoms in total. The van der Waals surface area contributed by atoms with E-state index in [1.165, 1.54) is 4.57 Å². The largest absolute Gasteiger partial charge is 0.365 e. The van der Waals surface area contributed by atoms with Crippen molar-refractivity contribution >= 4 is 5.69 Å². The highest BCUT2D eigenvalue weighted by molar-refractivity contribution is 5.45. The molecule has 0 saturated carbocycles. The Hall–Kier alpha value is -2.31. The lowest BCUT2D eigenvalue weighted by Crippen LogP contribution is -2.52. The topological polar surface area (TPSA) is 65.1 Å². The van der Waals surface area contributed by atoms with Gasteiger partial charge in [-0.3, -0.25) is 13.9 Å². The number of anilines is 1. The molecule has 1 saturated heterocycles. The number of nitrogens with zero attached hydrogens (tertiary/aromatic N) is 5. The lowest BCUT2D eigenvalue weighted by molar-refractivity contribution is 0.348. The summed E-state index contributed by atoms with van der Waals surface area (Å²) in [6, 6.07) is 0. The Bertz CT molecular complexity index is 855. The van der Waals surface area contributed by atoms with Crippen LogP contribution in [-0.2, 0) is 19.6 Å². The van der Waals surface area contributed by atoms with Crippen LogP contribution in [0.15, 0.2) is 28.2 Å². The van der Waals surface area contributed by atoms with Gasteiger partial charge in [-0.05, 0) is 13.8 Å². The van der Waals surface area contributed by atoms with Crippen LogP contribution in [0.1, 0.15) is 39.4 Å². The molecule has 2 aromatic rings. The summed E-state index contributed by atoms with van der Waals surface area (Å²) in [5, 5.41) is 0. The van der Waals surface area contributed by atoms with Crippen molar-refractivity contribution < 1.29 is 0 Å². The third-order valence-corrected chi connectivity index (χ3v) is 4.89. The third kappa shape index (κ3) is 3.15. The van der Waals surface area contributed by atoms with E-state index < -0.39 is 0 Å². The lowest BCUT2D eigenvalue weighted by Gasteiger charge is -2.41. The molecule has 0 N–H and O–H groups in total. The zero-order valence-corrected chi connectivity index (χ0v) is 15.5. The molecule has 0 spiro atoms. The zero-order valence-electron chi connectivity index (χ0n) is 15.5. The summed E-state index contributed by atoms with van der Waals surface area (Å²) in [5.74, 6) is 1.99. The van der Waals surface area contributed by atoms with Crippen molar-refractivity contribution in [2.45, 2.75) is 53.2 Å². The third-order valence-electron chi connectivity index (χ3n) is 4.89. The van der Waals surface area contributed by atoms with Gasteiger partial charge in [-0.15, -0.1) is 0 Å². The van der Waals surface area contributed by atoms with Crippen LogP contribution in [0.25, 0.3) is 0 Å². The van der Waals surface area contributed by atoms with E-state index in [1.54, 1.807) is 10.8 Å². The van der Waals surface area contributed by atoms with Gasteiger partial charge >= 0.3 is 5.69 Å². The molecule has 1 aliphatic heterocycles. The number of hydrogen-bond donors (Lipinski definition) is 0. The van der Waals surface area contributed by atoms with Crippen LogP contribution in [0.4, 0.5) is 5.69 Å². The van der Waals surface area contributed by atoms with Crippen molar-refractivity contribution in [1.29, 1.82) is 0 Å². The predicted octanol–water partition coefficient (Wildman–Crippen LogP) is 1.51. The number of imidazole rings is 1. The van der Waals surface area contributed by atoms with Crippen molar-refractivity contribution in [1.82, 2.24) is 18.7 Å². The first-order chi connectivity index (χ1) is 12.0. The Kier molecular flexibility index (Phi) is 4.83. The highest BCUT2D eigenvalue weighted by Gasteiger charge is 2.30. The molecule has 1 aliphatic rings. The zero-order chi connectivity index (χ0) is 18.1. The van der Waals surface area contributed by atoms with Crippen molar-refractivity contribution in [2.75, 3.05) is 18.0 Å². The minimum atomic E-state index is -0.226. The molecule has 3 rings (SSSR count). The van der Waals surface area contributed by atoms with Crippen molar-refractivity contribution in [3.8, 4) is 0 Å². The number of aromatic nitrogens is 4. The molecule has 25 heavy (non-hydrogen) atoms. The summed E-state index contributed by atoms with van der Waals surface area (Å²) < 4.78 is 5.14. The van der Waals surface area contributed by atoms with Gasteiger partial charge in [-0.2, -0.15) is 0 Å². The monoisotopic (exact) mass is 345 g/mol. The first-order valence-corrected chi connectivity index (χ1v) is 9.06. The van der Waals surface area contributed by atoms with Crippen molar-refractivity contribution in [3.63, 3.8) is 0 Å². The Morgan fingerprint density at radius 1 is 1.16 bits per heavy atom. The molecule has 1 fully saturated rings. The van der Waals surface area contributed by atoms with Crippen LogP contribution in [0.5, 0.6) is 0 Å². The fourth-order valence-electron chi connectivity index (χ4n) is 3.50. The molecule has 136 valence electrons. The van der Waals surface area contributed by atoms with E-state index in [2.05, 4.69) is 28.3 Å². The van der Waals surface area contributed by atoms with Crippen molar-refractivity contribution in [3.05, 3.63) is 45.3 Å². The maximum Gasteiger partial charge on any atom is 0.331 e. The second kappa shape index (κ2) is 6.90. The molecule has 7 heteroatoms. The first kappa shape index (κ1) is 17.5. The van der Waals surface area contributed by atoms with E-state index in [1.807, 2.05) is 26.2 Å². The summed E-state index contributed by atoms with van der Waals surface area (Å²) in [4.78, 5) is 31.3. The minimum Gasteiger partial charge on any atom is -0.365 e. The molecule has 0 atom stereocenters. The van der Waals surface area contributed by atoms with Gasteiger partial charge in [0.25, 0.3) is 5.56 Å². The maximum absolute atomic E-state index is 12.6. The SMILES string of the molecule is CCn1cc(N2CC(Cn3ccnc3C(C)C)C2)c(=O)n(CC)c1=O. The first-order valence-electron chi connectivity index (χ1n) is 9.06. The van der Waals surface area contributed by atoms with Gasteiger partial charge in [0.15, 0.2) is 0 Å². The van der Waals surface area contributed by atoms with E-state index in [-0.39, 0.29) is 11.2 Å². The molecule has 2 aromatic heterocycles. The van der Waals surface area contributed by atoms with E-state index in [0.29, 0.717) is 30.6 Å². The number of rotatable bonds is 6. The Morgan fingerprint density at radius 2 is 1.88 bits per heavy atom. The second-order valence-electron chi connectivity index (χ2n) is 7.00. The Balaban J connectivity index is 1.76. The van der Waals surface area contributed by atoms with Gasteiger partial charge in [-0.25, -0.2) is 9.78 Å². The van der Waals surface area contributed by atoms with Gasteiger partial charge in [0.1, 0.15) is 11.5 Å². The van der Waals surface area contributed by atoms with Crippen LogP contribution >= 0.6 is 0 Å². The van der Waals surface area contributed by atoms with Gasteiger partial charge in [-0.1, -0.05) is 13.8 Å². The molecule has 0 aromatic carbocycles. The fraction of sp³-hybridized carbons (Fsp3) is 0.611. The van der Waals surface area contributed by atoms with Gasteiger partial charge in [0.05, 0.1) is 0 Å². The predicted molar refractivity (Wildman–Crippen MR) is 98.3 cm³/mol. The molecule has 0 unspecified atom stereocenters. The number of hydrogen-bond acceptors (Lipinski definition) is 4. The standard InChI is InChI=1S/C18H27N5O2/c1-5-20-12-15(17(24)23(6-2)18(20)25)22-10-14(11-22)9-21-8-7-19-16(21)13(3)4/h7-8,12-14H,5-6,9-11H2,1-4H3. The smallest absolute Gasteiger partial charge is 0.331 e. The number of aryl methyl sites for hydroxylation is 1. The highest BCUT2D eigenvalue weighted by Crippen LogP contribution is 2.24. The van der Waals surface area contributed by atoms with Crippen molar-refractivity contribution in [2.24, 2.45) is 5.92 Å². The normalized spacial score (nSPS) is 15.0. The molecular weight excluding hydrogens is 318 g/mol. The van der Waals surface area contributed by atoms with Crippen LogP contribution in [0, 0.1) is 5.92 Å². The molecule has 0 bridgehead atoms. The van der Waals surface area contributed by atoms with Gasteiger partial charge < -0.3 is 9.47 Å². The average molecular weight is 345 g/mol. The van der Waals surface area contributed by atoms with E-state index in [0.717, 1.165) is 25.5 Å². The summed E-state index contributed by atoms with van der Waals surface area (Å²) in [7, 11) is 0. The second-order valence-corrected chi connectivity index (χ2v) is 7.00. The van der Waals surface area contributed by atoms with E-state index in [4.69, 9.17) is 0 Å². The molecule has 0 aliphatic carbocycles. The van der Waals surface area contributed by atoms with Crippen LogP contribution in [0.2, 0.25) is 0 Å². The fourth-order valence-corrected chi connectivity index (χ4v) is 3.50. The van der Waals surface area contributed by atoms with Gasteiger partial charge in [0, 0.05) is 63.2 Å².